The third-order valence-electron chi connectivity index (χ3n) is 2.83. The van der Waals surface area contributed by atoms with Gasteiger partial charge in [-0.2, -0.15) is 0 Å². The lowest BCUT2D eigenvalue weighted by molar-refractivity contribution is 0.912. The zero-order valence-corrected chi connectivity index (χ0v) is 8.68. The Balaban J connectivity index is 2.09. The second-order valence-electron chi connectivity index (χ2n) is 3.71. The van der Waals surface area contributed by atoms with Gasteiger partial charge in [-0.1, -0.05) is 12.1 Å². The number of benzene rings is 1. The smallest absolute Gasteiger partial charge is 0.0811 e. The van der Waals surface area contributed by atoms with E-state index in [9.17, 15) is 0 Å². The molecule has 0 fully saturated rings. The van der Waals surface area contributed by atoms with E-state index in [1.807, 2.05) is 5.51 Å². The molecule has 0 amide bonds. The molecule has 0 aliphatic heterocycles. The molecule has 0 radical (unpaired) electrons. The third kappa shape index (κ3) is 1.26. The maximum atomic E-state index is 4.33. The van der Waals surface area contributed by atoms with E-state index in [0.717, 1.165) is 5.69 Å². The lowest BCUT2D eigenvalue weighted by Gasteiger charge is -2.01. The molecule has 3 rings (SSSR count). The second-order valence-corrected chi connectivity index (χ2v) is 4.43. The van der Waals surface area contributed by atoms with Crippen LogP contribution in [0.1, 0.15) is 17.5 Å². The van der Waals surface area contributed by atoms with Crippen LogP contribution in [0.3, 0.4) is 0 Å². The maximum absolute atomic E-state index is 4.33. The van der Waals surface area contributed by atoms with Gasteiger partial charge in [-0.25, -0.2) is 4.98 Å². The van der Waals surface area contributed by atoms with E-state index >= 15 is 0 Å². The Labute approximate surface area is 87.4 Å². The first-order valence-electron chi connectivity index (χ1n) is 4.94. The van der Waals surface area contributed by atoms with E-state index in [4.69, 9.17) is 0 Å². The number of aromatic nitrogens is 1. The van der Waals surface area contributed by atoms with Gasteiger partial charge in [0.25, 0.3) is 0 Å². The summed E-state index contributed by atoms with van der Waals surface area (Å²) in [5.41, 5.74) is 7.33. The Morgan fingerprint density at radius 3 is 2.93 bits per heavy atom. The topological polar surface area (TPSA) is 12.9 Å². The molecule has 1 aliphatic carbocycles. The highest BCUT2D eigenvalue weighted by Gasteiger charge is 2.11. The molecule has 14 heavy (non-hydrogen) atoms. The maximum Gasteiger partial charge on any atom is 0.0811 e. The van der Waals surface area contributed by atoms with Gasteiger partial charge in [-0.3, -0.25) is 0 Å². The molecular formula is C12H11NS. The number of nitrogens with zero attached hydrogens (tertiary/aromatic N) is 1. The Bertz CT molecular complexity index is 445. The highest BCUT2D eigenvalue weighted by Crippen LogP contribution is 2.27. The van der Waals surface area contributed by atoms with Gasteiger partial charge in [0.2, 0.25) is 0 Å². The van der Waals surface area contributed by atoms with Crippen LogP contribution in [0.4, 0.5) is 0 Å². The lowest BCUT2D eigenvalue weighted by Crippen LogP contribution is -1.84. The SMILES string of the molecule is c1nc(-c2ccc3c(c2)CCC3)cs1. The van der Waals surface area contributed by atoms with Gasteiger partial charge in [0.05, 0.1) is 11.2 Å². The molecule has 2 aromatic rings. The van der Waals surface area contributed by atoms with Gasteiger partial charge >= 0.3 is 0 Å². The fourth-order valence-electron chi connectivity index (χ4n) is 2.09. The molecule has 1 heterocycles. The molecule has 0 atom stereocenters. The third-order valence-corrected chi connectivity index (χ3v) is 3.41. The van der Waals surface area contributed by atoms with Crippen LogP contribution >= 0.6 is 11.3 Å². The first-order valence-corrected chi connectivity index (χ1v) is 5.88. The Kier molecular flexibility index (Phi) is 1.88. The summed E-state index contributed by atoms with van der Waals surface area (Å²) in [6, 6.07) is 6.76. The van der Waals surface area contributed by atoms with Gasteiger partial charge in [0.1, 0.15) is 0 Å². The average Bonchev–Trinajstić information content (AvgIpc) is 2.88. The fraction of sp³-hybridized carbons (Fsp3) is 0.250. The molecule has 70 valence electrons. The van der Waals surface area contributed by atoms with Crippen molar-refractivity contribution >= 4 is 11.3 Å². The Hall–Kier alpha value is -1.15. The molecule has 1 aromatic heterocycles. The van der Waals surface area contributed by atoms with Gasteiger partial charge in [-0.15, -0.1) is 11.3 Å². The second kappa shape index (κ2) is 3.21. The van der Waals surface area contributed by atoms with E-state index in [2.05, 4.69) is 28.6 Å². The quantitative estimate of drug-likeness (QED) is 0.690. The first kappa shape index (κ1) is 8.18. The van der Waals surface area contributed by atoms with Crippen LogP contribution in [-0.4, -0.2) is 4.98 Å². The van der Waals surface area contributed by atoms with Crippen LogP contribution in [0, 0.1) is 0 Å². The van der Waals surface area contributed by atoms with Gasteiger partial charge in [0, 0.05) is 10.9 Å². The summed E-state index contributed by atoms with van der Waals surface area (Å²) < 4.78 is 0. The molecule has 0 N–H and O–H groups in total. The highest BCUT2D eigenvalue weighted by atomic mass is 32.1. The molecule has 1 nitrogen and oxygen atoms in total. The van der Waals surface area contributed by atoms with Gasteiger partial charge in [0.15, 0.2) is 0 Å². The van der Waals surface area contributed by atoms with Gasteiger partial charge < -0.3 is 0 Å². The van der Waals surface area contributed by atoms with Crippen molar-refractivity contribution in [1.29, 1.82) is 0 Å². The first-order chi connectivity index (χ1) is 6.93. The normalized spacial score (nSPS) is 14.3. The summed E-state index contributed by atoms with van der Waals surface area (Å²) in [5, 5.41) is 2.11. The summed E-state index contributed by atoms with van der Waals surface area (Å²) in [4.78, 5) is 4.33. The Morgan fingerprint density at radius 1 is 1.14 bits per heavy atom. The van der Waals surface area contributed by atoms with E-state index in [1.165, 1.54) is 36.0 Å². The highest BCUT2D eigenvalue weighted by molar-refractivity contribution is 7.07. The number of fused-ring (bicyclic) bond motifs is 1. The number of hydrogen-bond donors (Lipinski definition) is 0. The minimum atomic E-state index is 1.12. The molecule has 0 saturated carbocycles. The van der Waals surface area contributed by atoms with Crippen LogP contribution in [0.5, 0.6) is 0 Å². The average molecular weight is 201 g/mol. The van der Waals surface area contributed by atoms with E-state index in [-0.39, 0.29) is 0 Å². The summed E-state index contributed by atoms with van der Waals surface area (Å²) in [5.74, 6) is 0. The van der Waals surface area contributed by atoms with Crippen molar-refractivity contribution in [2.45, 2.75) is 19.3 Å². The minimum Gasteiger partial charge on any atom is -0.245 e. The van der Waals surface area contributed by atoms with Crippen molar-refractivity contribution in [2.75, 3.05) is 0 Å². The summed E-state index contributed by atoms with van der Waals surface area (Å²) in [6.07, 6.45) is 3.82. The van der Waals surface area contributed by atoms with Crippen molar-refractivity contribution in [3.63, 3.8) is 0 Å². The van der Waals surface area contributed by atoms with Crippen LogP contribution in [-0.2, 0) is 12.8 Å². The van der Waals surface area contributed by atoms with Gasteiger partial charge in [-0.05, 0) is 36.5 Å². The lowest BCUT2D eigenvalue weighted by atomic mass is 10.1. The van der Waals surface area contributed by atoms with Crippen molar-refractivity contribution in [3.8, 4) is 11.3 Å². The molecular weight excluding hydrogens is 190 g/mol. The molecule has 1 aromatic carbocycles. The van der Waals surface area contributed by atoms with Crippen LogP contribution in [0.25, 0.3) is 11.3 Å². The summed E-state index contributed by atoms with van der Waals surface area (Å²) in [6.45, 7) is 0. The minimum absolute atomic E-state index is 1.12. The molecule has 0 bridgehead atoms. The molecule has 2 heteroatoms. The number of hydrogen-bond acceptors (Lipinski definition) is 2. The summed E-state index contributed by atoms with van der Waals surface area (Å²) >= 11 is 1.66. The van der Waals surface area contributed by atoms with Crippen molar-refractivity contribution in [1.82, 2.24) is 4.98 Å². The van der Waals surface area contributed by atoms with Crippen molar-refractivity contribution in [3.05, 3.63) is 40.2 Å². The monoisotopic (exact) mass is 201 g/mol. The van der Waals surface area contributed by atoms with E-state index in [1.54, 1.807) is 11.3 Å². The van der Waals surface area contributed by atoms with Crippen LogP contribution in [0.15, 0.2) is 29.1 Å². The van der Waals surface area contributed by atoms with Crippen molar-refractivity contribution < 1.29 is 0 Å². The molecule has 1 aliphatic rings. The van der Waals surface area contributed by atoms with E-state index in [0.29, 0.717) is 0 Å². The Morgan fingerprint density at radius 2 is 2.07 bits per heavy atom. The van der Waals surface area contributed by atoms with Crippen LogP contribution in [0.2, 0.25) is 0 Å². The molecule has 0 unspecified atom stereocenters. The zero-order chi connectivity index (χ0) is 9.38. The predicted octanol–water partition coefficient (Wildman–Crippen LogP) is 3.30. The number of thiazole rings is 1. The van der Waals surface area contributed by atoms with Crippen LogP contribution < -0.4 is 0 Å². The van der Waals surface area contributed by atoms with Crippen molar-refractivity contribution in [2.24, 2.45) is 0 Å². The standard InChI is InChI=1S/C12H11NS/c1-2-9-4-5-11(6-10(9)3-1)12-7-14-8-13-12/h4-8H,1-3H2. The number of aryl methyl sites for hydroxylation is 2. The predicted molar refractivity (Wildman–Crippen MR) is 59.6 cm³/mol. The molecule has 0 spiro atoms. The van der Waals surface area contributed by atoms with E-state index < -0.39 is 0 Å². The summed E-state index contributed by atoms with van der Waals surface area (Å²) in [7, 11) is 0. The molecule has 0 saturated heterocycles. The number of rotatable bonds is 1. The largest absolute Gasteiger partial charge is 0.245 e. The fourth-order valence-corrected chi connectivity index (χ4v) is 2.65. The zero-order valence-electron chi connectivity index (χ0n) is 7.86.